The number of amides is 1. The van der Waals surface area contributed by atoms with E-state index in [0.29, 0.717) is 15.6 Å². The van der Waals surface area contributed by atoms with Crippen molar-refractivity contribution >= 4 is 44.0 Å². The summed E-state index contributed by atoms with van der Waals surface area (Å²) in [5.74, 6) is -3.42. The first-order chi connectivity index (χ1) is 15.6. The molecule has 0 radical (unpaired) electrons. The van der Waals surface area contributed by atoms with Gasteiger partial charge in [0, 0.05) is 10.4 Å². The lowest BCUT2D eigenvalue weighted by Crippen LogP contribution is -2.46. The molecule has 0 saturated carbocycles. The zero-order valence-corrected chi connectivity index (χ0v) is 19.8. The van der Waals surface area contributed by atoms with E-state index in [1.807, 2.05) is 0 Å². The molecule has 34 heavy (non-hydrogen) atoms. The van der Waals surface area contributed by atoms with Crippen LogP contribution < -0.4 is 10.1 Å². The number of aryl methyl sites for hydroxylation is 1. The lowest BCUT2D eigenvalue weighted by atomic mass is 10.0. The molecule has 1 heterocycles. The van der Waals surface area contributed by atoms with Gasteiger partial charge in [-0.3, -0.25) is 14.4 Å². The topological polar surface area (TPSA) is 130 Å². The van der Waals surface area contributed by atoms with Crippen LogP contribution in [0.15, 0.2) is 30.3 Å². The van der Waals surface area contributed by atoms with Crippen LogP contribution in [0.1, 0.15) is 34.6 Å². The number of carbonyl (C=O) groups is 3. The fourth-order valence-corrected chi connectivity index (χ4v) is 4.84. The van der Waals surface area contributed by atoms with Crippen LogP contribution in [0, 0.1) is 0 Å². The van der Waals surface area contributed by atoms with Crippen molar-refractivity contribution in [2.45, 2.75) is 32.7 Å². The fraction of sp³-hybridized carbons (Fsp3) is 0.350. The Hall–Kier alpha value is -2.97. The molecule has 2 N–H and O–H groups in total. The maximum absolute atomic E-state index is 13.0. The fourth-order valence-electron chi connectivity index (χ4n) is 2.81. The zero-order chi connectivity index (χ0) is 25.8. The second-order valence-corrected chi connectivity index (χ2v) is 10.2. The van der Waals surface area contributed by atoms with Gasteiger partial charge in [0.2, 0.25) is 15.9 Å². The highest BCUT2D eigenvalue weighted by Gasteiger charge is 2.32. The van der Waals surface area contributed by atoms with Crippen molar-refractivity contribution in [3.8, 4) is 5.75 Å². The van der Waals surface area contributed by atoms with Crippen LogP contribution in [-0.4, -0.2) is 60.7 Å². The summed E-state index contributed by atoms with van der Waals surface area (Å²) >= 11 is 1.06. The summed E-state index contributed by atoms with van der Waals surface area (Å²) in [5, 5.41) is 11.7. The number of thiophene rings is 1. The number of hydrogen-bond acceptors (Lipinski definition) is 7. The summed E-state index contributed by atoms with van der Waals surface area (Å²) in [6.45, 7) is 2.11. The van der Waals surface area contributed by atoms with Crippen LogP contribution in [0.25, 0.3) is 0 Å². The highest BCUT2D eigenvalue weighted by Crippen LogP contribution is 2.31. The number of alkyl halides is 3. The zero-order valence-electron chi connectivity index (χ0n) is 18.2. The monoisotopic (exact) mass is 522 g/mol. The van der Waals surface area contributed by atoms with E-state index in [1.54, 1.807) is 6.92 Å². The van der Waals surface area contributed by atoms with E-state index in [0.717, 1.165) is 48.8 Å². The van der Waals surface area contributed by atoms with Crippen LogP contribution in [-0.2, 0) is 26.0 Å². The third-order valence-electron chi connectivity index (χ3n) is 4.49. The minimum Gasteiger partial charge on any atom is -0.480 e. The number of sulfonamides is 1. The lowest BCUT2D eigenvalue weighted by molar-refractivity contribution is -0.274. The van der Waals surface area contributed by atoms with E-state index in [9.17, 15) is 36.0 Å². The number of aliphatic carboxylic acids is 1. The first-order valence-electron chi connectivity index (χ1n) is 9.65. The minimum atomic E-state index is -4.88. The summed E-state index contributed by atoms with van der Waals surface area (Å²) < 4.78 is 65.2. The SMILES string of the molecule is CCc1cc(C(=O)c2ccc(OC(F)(F)F)cc2)c(NC(=O)CN([C@@H](C)C(=O)O)S(C)(=O)=O)s1. The first-order valence-corrected chi connectivity index (χ1v) is 12.3. The Morgan fingerprint density at radius 3 is 2.26 bits per heavy atom. The molecule has 0 aliphatic rings. The summed E-state index contributed by atoms with van der Waals surface area (Å²) in [5.41, 5.74) is 0.0830. The van der Waals surface area contributed by atoms with Crippen molar-refractivity contribution < 1.29 is 45.8 Å². The Morgan fingerprint density at radius 1 is 1.21 bits per heavy atom. The molecule has 2 rings (SSSR count). The normalized spacial score (nSPS) is 12.9. The van der Waals surface area contributed by atoms with Crippen LogP contribution in [0.3, 0.4) is 0 Å². The number of rotatable bonds is 10. The predicted octanol–water partition coefficient (Wildman–Crippen LogP) is 3.11. The number of carbonyl (C=O) groups excluding carboxylic acids is 2. The van der Waals surface area contributed by atoms with Gasteiger partial charge in [0.25, 0.3) is 0 Å². The Kier molecular flexibility index (Phi) is 8.45. The highest BCUT2D eigenvalue weighted by molar-refractivity contribution is 7.88. The number of anilines is 1. The molecule has 0 bridgehead atoms. The van der Waals surface area contributed by atoms with E-state index in [1.165, 1.54) is 6.07 Å². The third kappa shape index (κ3) is 7.27. The Bertz CT molecular complexity index is 1180. The van der Waals surface area contributed by atoms with Crippen LogP contribution in [0.2, 0.25) is 0 Å². The number of benzene rings is 1. The van der Waals surface area contributed by atoms with E-state index in [-0.39, 0.29) is 16.1 Å². The summed E-state index contributed by atoms with van der Waals surface area (Å²) in [6, 6.07) is 4.23. The molecule has 2 aromatic rings. The summed E-state index contributed by atoms with van der Waals surface area (Å²) in [6.07, 6.45) is -3.61. The van der Waals surface area contributed by atoms with Crippen molar-refractivity contribution in [3.05, 3.63) is 46.3 Å². The molecule has 0 aliphatic carbocycles. The van der Waals surface area contributed by atoms with E-state index < -0.39 is 52.4 Å². The molecule has 0 saturated heterocycles. The van der Waals surface area contributed by atoms with Crippen molar-refractivity contribution in [2.75, 3.05) is 18.1 Å². The van der Waals surface area contributed by atoms with Gasteiger partial charge in [0.1, 0.15) is 16.8 Å². The van der Waals surface area contributed by atoms with Crippen molar-refractivity contribution in [3.63, 3.8) is 0 Å². The standard InChI is InChI=1S/C20H21F3N2O7S2/c1-4-14-9-15(17(27)12-5-7-13(8-6-12)32-20(21,22)23)18(33-14)24-16(26)10-25(34(3,30)31)11(2)19(28)29/h5-9,11H,4,10H2,1-3H3,(H,24,26)(H,28,29)/t11-/m0/s1. The number of hydrogen-bond donors (Lipinski definition) is 2. The van der Waals surface area contributed by atoms with Gasteiger partial charge >= 0.3 is 12.3 Å². The molecule has 0 fully saturated rings. The largest absolute Gasteiger partial charge is 0.573 e. The molecule has 14 heteroatoms. The van der Waals surface area contributed by atoms with Gasteiger partial charge in [-0.05, 0) is 43.7 Å². The van der Waals surface area contributed by atoms with Gasteiger partial charge in [-0.25, -0.2) is 8.42 Å². The lowest BCUT2D eigenvalue weighted by Gasteiger charge is -2.23. The maximum Gasteiger partial charge on any atom is 0.573 e. The Labute approximate surface area is 197 Å². The van der Waals surface area contributed by atoms with Crippen molar-refractivity contribution in [1.82, 2.24) is 4.31 Å². The van der Waals surface area contributed by atoms with E-state index in [4.69, 9.17) is 5.11 Å². The quantitative estimate of drug-likeness (QED) is 0.459. The van der Waals surface area contributed by atoms with E-state index >= 15 is 0 Å². The number of carboxylic acid groups (broad SMARTS) is 1. The molecular formula is C20H21F3N2O7S2. The van der Waals surface area contributed by atoms with Gasteiger partial charge in [-0.2, -0.15) is 4.31 Å². The summed E-state index contributed by atoms with van der Waals surface area (Å²) in [7, 11) is -4.05. The minimum absolute atomic E-state index is 0.0303. The molecule has 1 amide bonds. The number of ketones is 1. The van der Waals surface area contributed by atoms with E-state index in [2.05, 4.69) is 10.1 Å². The molecule has 1 aromatic heterocycles. The molecule has 0 spiro atoms. The maximum atomic E-state index is 13.0. The van der Waals surface area contributed by atoms with Crippen LogP contribution in [0.4, 0.5) is 18.2 Å². The van der Waals surface area contributed by atoms with Crippen molar-refractivity contribution in [2.24, 2.45) is 0 Å². The molecule has 0 aliphatic heterocycles. The predicted molar refractivity (Wildman–Crippen MR) is 118 cm³/mol. The smallest absolute Gasteiger partial charge is 0.480 e. The second kappa shape index (κ2) is 10.5. The number of ether oxygens (including phenoxy) is 1. The van der Waals surface area contributed by atoms with Gasteiger partial charge in [0.15, 0.2) is 5.78 Å². The van der Waals surface area contributed by atoms with Gasteiger partial charge in [-0.15, -0.1) is 24.5 Å². The Morgan fingerprint density at radius 2 is 1.79 bits per heavy atom. The number of nitrogens with one attached hydrogen (secondary N) is 1. The molecule has 1 atom stereocenters. The number of carboxylic acids is 1. The average Bonchev–Trinajstić information content (AvgIpc) is 3.12. The average molecular weight is 523 g/mol. The Balaban J connectivity index is 2.28. The molecule has 0 unspecified atom stereocenters. The summed E-state index contributed by atoms with van der Waals surface area (Å²) in [4.78, 5) is 37.4. The molecule has 1 aromatic carbocycles. The first kappa shape index (κ1) is 27.3. The third-order valence-corrected chi connectivity index (χ3v) is 6.99. The highest BCUT2D eigenvalue weighted by atomic mass is 32.2. The number of halogens is 3. The molecular weight excluding hydrogens is 501 g/mol. The van der Waals surface area contributed by atoms with Gasteiger partial charge in [0.05, 0.1) is 18.4 Å². The van der Waals surface area contributed by atoms with Crippen LogP contribution >= 0.6 is 11.3 Å². The molecule has 186 valence electrons. The van der Waals surface area contributed by atoms with Gasteiger partial charge in [-0.1, -0.05) is 6.92 Å². The molecule has 9 nitrogen and oxygen atoms in total. The van der Waals surface area contributed by atoms with Gasteiger partial charge < -0.3 is 15.2 Å². The van der Waals surface area contributed by atoms with Crippen LogP contribution in [0.5, 0.6) is 5.75 Å². The second-order valence-electron chi connectivity index (χ2n) is 7.08. The van der Waals surface area contributed by atoms with Crippen molar-refractivity contribution in [1.29, 1.82) is 0 Å². The number of nitrogens with zero attached hydrogens (tertiary/aromatic N) is 1.